The number of aryl methyl sites for hydroxylation is 1. The van der Waals surface area contributed by atoms with Gasteiger partial charge in [0.05, 0.1) is 11.1 Å². The molecule has 2 aromatic rings. The number of amides is 1. The van der Waals surface area contributed by atoms with Crippen LogP contribution in [0.25, 0.3) is 0 Å². The van der Waals surface area contributed by atoms with Gasteiger partial charge >= 0.3 is 6.18 Å². The van der Waals surface area contributed by atoms with Crippen molar-refractivity contribution in [2.24, 2.45) is 0 Å². The maximum Gasteiger partial charge on any atom is 0.416 e. The van der Waals surface area contributed by atoms with E-state index in [2.05, 4.69) is 15.5 Å². The van der Waals surface area contributed by atoms with E-state index in [1.54, 1.807) is 0 Å². The summed E-state index contributed by atoms with van der Waals surface area (Å²) in [5, 5.41) is 8.62. The molecule has 0 bridgehead atoms. The fraction of sp³-hybridized carbons (Fsp3) is 0.231. The number of anilines is 1. The standard InChI is InChI=1S/C13H11F4N3O/c1-2-8-6-11(20-19-8)18-12(21)9-5-7(13(15,16)17)3-4-10(9)14/h3-6H,2H2,1H3,(H2,18,19,20,21). The summed E-state index contributed by atoms with van der Waals surface area (Å²) in [4.78, 5) is 11.8. The molecule has 1 aromatic heterocycles. The number of H-pyrrole nitrogens is 1. The monoisotopic (exact) mass is 301 g/mol. The van der Waals surface area contributed by atoms with Crippen LogP contribution in [0.1, 0.15) is 28.5 Å². The van der Waals surface area contributed by atoms with E-state index in [0.717, 1.165) is 5.69 Å². The molecule has 112 valence electrons. The minimum Gasteiger partial charge on any atom is -0.305 e. The largest absolute Gasteiger partial charge is 0.416 e. The molecule has 0 saturated carbocycles. The number of hydrogen-bond donors (Lipinski definition) is 2. The average Bonchev–Trinajstić information content (AvgIpc) is 2.85. The first-order valence-corrected chi connectivity index (χ1v) is 6.03. The molecule has 0 fully saturated rings. The second kappa shape index (κ2) is 5.55. The molecule has 1 amide bonds. The molecule has 1 heterocycles. The maximum atomic E-state index is 13.5. The van der Waals surface area contributed by atoms with E-state index in [0.29, 0.717) is 24.6 Å². The molecule has 0 atom stereocenters. The highest BCUT2D eigenvalue weighted by Crippen LogP contribution is 2.30. The summed E-state index contributed by atoms with van der Waals surface area (Å²) in [5.74, 6) is -1.91. The van der Waals surface area contributed by atoms with Crippen molar-refractivity contribution in [3.63, 3.8) is 0 Å². The molecule has 0 aliphatic carbocycles. The van der Waals surface area contributed by atoms with Crippen LogP contribution in [-0.4, -0.2) is 16.1 Å². The normalized spacial score (nSPS) is 11.5. The molecule has 2 N–H and O–H groups in total. The van der Waals surface area contributed by atoms with Crippen LogP contribution in [0.2, 0.25) is 0 Å². The maximum absolute atomic E-state index is 13.5. The highest BCUT2D eigenvalue weighted by atomic mass is 19.4. The number of rotatable bonds is 3. The smallest absolute Gasteiger partial charge is 0.305 e. The topological polar surface area (TPSA) is 57.8 Å². The van der Waals surface area contributed by atoms with E-state index in [4.69, 9.17) is 0 Å². The Morgan fingerprint density at radius 3 is 2.62 bits per heavy atom. The Morgan fingerprint density at radius 2 is 2.05 bits per heavy atom. The Kier molecular flexibility index (Phi) is 3.97. The third-order valence-corrected chi connectivity index (χ3v) is 2.79. The van der Waals surface area contributed by atoms with Crippen LogP contribution in [0.5, 0.6) is 0 Å². The van der Waals surface area contributed by atoms with Gasteiger partial charge in [0.25, 0.3) is 5.91 Å². The summed E-state index contributed by atoms with van der Waals surface area (Å²) >= 11 is 0. The minimum absolute atomic E-state index is 0.119. The van der Waals surface area contributed by atoms with Crippen molar-refractivity contribution in [3.05, 3.63) is 46.9 Å². The summed E-state index contributed by atoms with van der Waals surface area (Å²) in [6.07, 6.45) is -4.01. The van der Waals surface area contributed by atoms with Gasteiger partial charge in [-0.25, -0.2) is 4.39 Å². The van der Waals surface area contributed by atoms with Crippen molar-refractivity contribution in [1.29, 1.82) is 0 Å². The van der Waals surface area contributed by atoms with Crippen molar-refractivity contribution in [2.75, 3.05) is 5.32 Å². The van der Waals surface area contributed by atoms with Crippen molar-refractivity contribution in [3.8, 4) is 0 Å². The molecule has 4 nitrogen and oxygen atoms in total. The first kappa shape index (κ1) is 15.0. The van der Waals surface area contributed by atoms with Crippen LogP contribution in [0.4, 0.5) is 23.4 Å². The summed E-state index contributed by atoms with van der Waals surface area (Å²) < 4.78 is 51.2. The lowest BCUT2D eigenvalue weighted by Crippen LogP contribution is -2.16. The van der Waals surface area contributed by atoms with Crippen LogP contribution in [0, 0.1) is 5.82 Å². The Hall–Kier alpha value is -2.38. The molecular weight excluding hydrogens is 290 g/mol. The van der Waals surface area contributed by atoms with Gasteiger partial charge in [-0.15, -0.1) is 0 Å². The molecule has 0 aliphatic rings. The van der Waals surface area contributed by atoms with Gasteiger partial charge in [-0.2, -0.15) is 18.3 Å². The van der Waals surface area contributed by atoms with Gasteiger partial charge in [0, 0.05) is 11.8 Å². The van der Waals surface area contributed by atoms with Crippen molar-refractivity contribution in [1.82, 2.24) is 10.2 Å². The molecule has 0 spiro atoms. The van der Waals surface area contributed by atoms with Crippen molar-refractivity contribution < 1.29 is 22.4 Å². The Balaban J connectivity index is 2.26. The molecular formula is C13H11F4N3O. The van der Waals surface area contributed by atoms with Gasteiger partial charge < -0.3 is 5.32 Å². The van der Waals surface area contributed by atoms with Gasteiger partial charge in [0.1, 0.15) is 5.82 Å². The number of aromatic amines is 1. The highest BCUT2D eigenvalue weighted by molar-refractivity contribution is 6.04. The van der Waals surface area contributed by atoms with E-state index in [9.17, 15) is 22.4 Å². The Bertz CT molecular complexity index is 664. The van der Waals surface area contributed by atoms with Gasteiger partial charge in [-0.1, -0.05) is 6.92 Å². The number of hydrogen-bond acceptors (Lipinski definition) is 2. The molecule has 1 aromatic carbocycles. The predicted octanol–water partition coefficient (Wildman–Crippen LogP) is 3.38. The second-order valence-corrected chi connectivity index (χ2v) is 4.28. The van der Waals surface area contributed by atoms with E-state index < -0.39 is 29.0 Å². The number of carbonyl (C=O) groups excluding carboxylic acids is 1. The zero-order chi connectivity index (χ0) is 15.6. The van der Waals surface area contributed by atoms with E-state index >= 15 is 0 Å². The van der Waals surface area contributed by atoms with E-state index in [-0.39, 0.29) is 5.82 Å². The second-order valence-electron chi connectivity index (χ2n) is 4.28. The predicted molar refractivity (Wildman–Crippen MR) is 67.3 cm³/mol. The lowest BCUT2D eigenvalue weighted by Gasteiger charge is -2.09. The minimum atomic E-state index is -4.65. The van der Waals surface area contributed by atoms with Crippen LogP contribution in [-0.2, 0) is 12.6 Å². The van der Waals surface area contributed by atoms with Crippen LogP contribution < -0.4 is 5.32 Å². The third-order valence-electron chi connectivity index (χ3n) is 2.79. The first-order valence-electron chi connectivity index (χ1n) is 6.03. The SMILES string of the molecule is CCc1cc(NC(=O)c2cc(C(F)(F)F)ccc2F)n[nH]1. The fourth-order valence-corrected chi connectivity index (χ4v) is 1.67. The number of halogens is 4. The molecule has 0 aliphatic heterocycles. The fourth-order valence-electron chi connectivity index (χ4n) is 1.67. The Labute approximate surface area is 117 Å². The van der Waals surface area contributed by atoms with Gasteiger partial charge in [0.15, 0.2) is 5.82 Å². The molecule has 2 rings (SSSR count). The molecule has 0 radical (unpaired) electrons. The zero-order valence-corrected chi connectivity index (χ0v) is 10.9. The number of benzene rings is 1. The Morgan fingerprint density at radius 1 is 1.33 bits per heavy atom. The van der Waals surface area contributed by atoms with E-state index in [1.807, 2.05) is 6.92 Å². The van der Waals surface area contributed by atoms with Gasteiger partial charge in [-0.05, 0) is 24.6 Å². The highest BCUT2D eigenvalue weighted by Gasteiger charge is 2.32. The third kappa shape index (κ3) is 3.39. The molecule has 0 unspecified atom stereocenters. The average molecular weight is 301 g/mol. The number of aromatic nitrogens is 2. The lowest BCUT2D eigenvalue weighted by atomic mass is 10.1. The quantitative estimate of drug-likeness (QED) is 0.854. The number of nitrogens with zero attached hydrogens (tertiary/aromatic N) is 1. The number of alkyl halides is 3. The summed E-state index contributed by atoms with van der Waals surface area (Å²) in [7, 11) is 0. The van der Waals surface area contributed by atoms with Gasteiger partial charge in [-0.3, -0.25) is 9.89 Å². The van der Waals surface area contributed by atoms with Crippen LogP contribution in [0.15, 0.2) is 24.3 Å². The molecule has 8 heteroatoms. The van der Waals surface area contributed by atoms with Gasteiger partial charge in [0.2, 0.25) is 0 Å². The molecule has 0 saturated heterocycles. The van der Waals surface area contributed by atoms with Crippen molar-refractivity contribution >= 4 is 11.7 Å². The summed E-state index contributed by atoms with van der Waals surface area (Å²) in [6, 6.07) is 3.18. The lowest BCUT2D eigenvalue weighted by molar-refractivity contribution is -0.137. The number of nitrogens with one attached hydrogen (secondary N) is 2. The zero-order valence-electron chi connectivity index (χ0n) is 10.9. The van der Waals surface area contributed by atoms with Crippen LogP contribution >= 0.6 is 0 Å². The van der Waals surface area contributed by atoms with E-state index in [1.165, 1.54) is 6.07 Å². The molecule has 21 heavy (non-hydrogen) atoms. The summed E-state index contributed by atoms with van der Waals surface area (Å²) in [6.45, 7) is 1.85. The number of carbonyl (C=O) groups is 1. The summed E-state index contributed by atoms with van der Waals surface area (Å²) in [5.41, 5.74) is -1.05. The first-order chi connectivity index (χ1) is 9.81. The van der Waals surface area contributed by atoms with Crippen LogP contribution in [0.3, 0.4) is 0 Å². The van der Waals surface area contributed by atoms with Crippen molar-refractivity contribution in [2.45, 2.75) is 19.5 Å².